The lowest BCUT2D eigenvalue weighted by Crippen LogP contribution is -2.25. The molecule has 3 nitrogen and oxygen atoms in total. The summed E-state index contributed by atoms with van der Waals surface area (Å²) in [7, 11) is 0. The molecule has 3 aromatic rings. The fraction of sp³-hybridized carbons (Fsp3) is 0.118. The summed E-state index contributed by atoms with van der Waals surface area (Å²) in [4.78, 5) is 15.3. The van der Waals surface area contributed by atoms with E-state index in [1.807, 2.05) is 24.4 Å². The highest BCUT2D eigenvalue weighted by atomic mass is 35.5. The van der Waals surface area contributed by atoms with Gasteiger partial charge in [-0.25, -0.2) is 0 Å². The molecule has 2 aromatic carbocycles. The molecule has 0 aliphatic rings. The lowest BCUT2D eigenvalue weighted by molar-refractivity contribution is 0.0954. The molecule has 6 heteroatoms. The van der Waals surface area contributed by atoms with Crippen molar-refractivity contribution < 1.29 is 4.79 Å². The van der Waals surface area contributed by atoms with Crippen molar-refractivity contribution in [2.24, 2.45) is 0 Å². The lowest BCUT2D eigenvalue weighted by atomic mass is 10.1. The summed E-state index contributed by atoms with van der Waals surface area (Å²) in [5, 5.41) is 5.46. The second kappa shape index (κ2) is 6.83. The number of aromatic nitrogens is 1. The Morgan fingerprint density at radius 3 is 2.57 bits per heavy atom. The first-order chi connectivity index (χ1) is 11.0. The highest BCUT2D eigenvalue weighted by molar-refractivity contribution is 6.36. The zero-order valence-corrected chi connectivity index (χ0v) is 14.3. The van der Waals surface area contributed by atoms with Gasteiger partial charge in [0.25, 0.3) is 5.91 Å². The molecule has 0 bridgehead atoms. The van der Waals surface area contributed by atoms with E-state index >= 15 is 0 Å². The number of rotatable bonds is 4. The fourth-order valence-electron chi connectivity index (χ4n) is 2.44. The van der Waals surface area contributed by atoms with Crippen LogP contribution in [0.15, 0.2) is 42.6 Å². The Bertz CT molecular complexity index is 873. The quantitative estimate of drug-likeness (QED) is 0.662. The molecule has 0 atom stereocenters. The van der Waals surface area contributed by atoms with Gasteiger partial charge in [0.05, 0.1) is 10.6 Å². The molecule has 1 heterocycles. The molecule has 2 N–H and O–H groups in total. The van der Waals surface area contributed by atoms with Gasteiger partial charge in [0.1, 0.15) is 0 Å². The van der Waals surface area contributed by atoms with Crippen LogP contribution in [0.25, 0.3) is 10.9 Å². The average Bonchev–Trinajstić information content (AvgIpc) is 2.89. The number of nitrogens with one attached hydrogen (secondary N) is 2. The number of carbonyl (C=O) groups is 1. The van der Waals surface area contributed by atoms with Gasteiger partial charge in [-0.15, -0.1) is 0 Å². The van der Waals surface area contributed by atoms with Crippen LogP contribution in [0.5, 0.6) is 0 Å². The average molecular weight is 368 g/mol. The predicted octanol–water partition coefficient (Wildman–Crippen LogP) is 5.10. The molecule has 0 saturated heterocycles. The fourth-order valence-corrected chi connectivity index (χ4v) is 3.10. The molecular weight excluding hydrogens is 355 g/mol. The van der Waals surface area contributed by atoms with Crippen LogP contribution in [0.2, 0.25) is 15.1 Å². The Morgan fingerprint density at radius 1 is 1.04 bits per heavy atom. The summed E-state index contributed by atoms with van der Waals surface area (Å²) >= 11 is 17.9. The summed E-state index contributed by atoms with van der Waals surface area (Å²) < 4.78 is 0. The van der Waals surface area contributed by atoms with Crippen molar-refractivity contribution in [2.45, 2.75) is 6.42 Å². The van der Waals surface area contributed by atoms with Crippen molar-refractivity contribution in [1.29, 1.82) is 0 Å². The van der Waals surface area contributed by atoms with E-state index in [4.69, 9.17) is 34.8 Å². The van der Waals surface area contributed by atoms with Gasteiger partial charge in [-0.2, -0.15) is 0 Å². The maximum Gasteiger partial charge on any atom is 0.252 e. The highest BCUT2D eigenvalue weighted by Gasteiger charge is 2.11. The smallest absolute Gasteiger partial charge is 0.252 e. The first kappa shape index (κ1) is 16.2. The Labute approximate surface area is 148 Å². The monoisotopic (exact) mass is 366 g/mol. The van der Waals surface area contributed by atoms with Gasteiger partial charge in [-0.3, -0.25) is 4.79 Å². The summed E-state index contributed by atoms with van der Waals surface area (Å²) in [5.41, 5.74) is 2.54. The summed E-state index contributed by atoms with van der Waals surface area (Å²) in [6.45, 7) is 0.497. The molecule has 3 rings (SSSR count). The number of halogens is 3. The highest BCUT2D eigenvalue weighted by Crippen LogP contribution is 2.23. The van der Waals surface area contributed by atoms with Gasteiger partial charge in [-0.05, 0) is 48.4 Å². The molecule has 0 aliphatic carbocycles. The molecule has 23 heavy (non-hydrogen) atoms. The number of benzene rings is 2. The van der Waals surface area contributed by atoms with Crippen LogP contribution in [0.4, 0.5) is 0 Å². The van der Waals surface area contributed by atoms with Crippen LogP contribution >= 0.6 is 34.8 Å². The van der Waals surface area contributed by atoms with Crippen molar-refractivity contribution in [3.63, 3.8) is 0 Å². The Morgan fingerprint density at radius 2 is 1.78 bits per heavy atom. The van der Waals surface area contributed by atoms with Crippen LogP contribution in [-0.4, -0.2) is 17.4 Å². The van der Waals surface area contributed by atoms with E-state index in [1.165, 1.54) is 0 Å². The summed E-state index contributed by atoms with van der Waals surface area (Å²) in [6.07, 6.45) is 2.62. The van der Waals surface area contributed by atoms with Crippen LogP contribution < -0.4 is 5.32 Å². The second-order valence-corrected chi connectivity index (χ2v) is 6.41. The van der Waals surface area contributed by atoms with E-state index in [-0.39, 0.29) is 5.91 Å². The molecule has 1 amide bonds. The number of amides is 1. The topological polar surface area (TPSA) is 44.9 Å². The maximum absolute atomic E-state index is 12.2. The predicted molar refractivity (Wildman–Crippen MR) is 95.8 cm³/mol. The third-order valence-corrected chi connectivity index (χ3v) is 4.37. The van der Waals surface area contributed by atoms with E-state index in [2.05, 4.69) is 10.3 Å². The Balaban J connectivity index is 1.66. The normalized spacial score (nSPS) is 10.9. The number of fused-ring (bicyclic) bond motifs is 1. The molecule has 1 aromatic heterocycles. The van der Waals surface area contributed by atoms with Crippen LogP contribution in [0.1, 0.15) is 15.9 Å². The largest absolute Gasteiger partial charge is 0.361 e. The van der Waals surface area contributed by atoms with Gasteiger partial charge >= 0.3 is 0 Å². The number of aromatic amines is 1. The van der Waals surface area contributed by atoms with Crippen molar-refractivity contribution in [2.75, 3.05) is 6.54 Å². The minimum atomic E-state index is -0.218. The zero-order chi connectivity index (χ0) is 16.4. The Kier molecular flexibility index (Phi) is 4.81. The molecule has 0 fully saturated rings. The number of hydrogen-bond donors (Lipinski definition) is 2. The van der Waals surface area contributed by atoms with E-state index in [0.717, 1.165) is 16.5 Å². The lowest BCUT2D eigenvalue weighted by Gasteiger charge is -2.07. The van der Waals surface area contributed by atoms with Crippen LogP contribution in [-0.2, 0) is 6.42 Å². The van der Waals surface area contributed by atoms with E-state index < -0.39 is 0 Å². The number of H-pyrrole nitrogens is 1. The summed E-state index contributed by atoms with van der Waals surface area (Å²) in [5.74, 6) is -0.218. The molecule has 0 radical (unpaired) electrons. The molecule has 0 saturated carbocycles. The molecule has 0 unspecified atom stereocenters. The van der Waals surface area contributed by atoms with Gasteiger partial charge in [0.2, 0.25) is 0 Å². The number of carbonyl (C=O) groups excluding carboxylic acids is 1. The third kappa shape index (κ3) is 3.63. The van der Waals surface area contributed by atoms with Crippen LogP contribution in [0, 0.1) is 0 Å². The maximum atomic E-state index is 12.2. The standard InChI is InChI=1S/C17H13Cl3N2O/c18-11-2-4-16-14(7-11)10(9-22-16)5-6-21-17(23)13-3-1-12(19)8-15(13)20/h1-4,7-9,22H,5-6H2,(H,21,23). The van der Waals surface area contributed by atoms with Crippen molar-refractivity contribution in [3.05, 3.63) is 68.8 Å². The van der Waals surface area contributed by atoms with Gasteiger partial charge < -0.3 is 10.3 Å². The second-order valence-electron chi connectivity index (χ2n) is 5.13. The van der Waals surface area contributed by atoms with Crippen LogP contribution in [0.3, 0.4) is 0 Å². The molecule has 118 valence electrons. The molecule has 0 aliphatic heterocycles. The van der Waals surface area contributed by atoms with Gasteiger partial charge in [-0.1, -0.05) is 34.8 Å². The van der Waals surface area contributed by atoms with Gasteiger partial charge in [0.15, 0.2) is 0 Å². The SMILES string of the molecule is O=C(NCCc1c[nH]c2ccc(Cl)cc12)c1ccc(Cl)cc1Cl. The first-order valence-corrected chi connectivity index (χ1v) is 8.17. The van der Waals surface area contributed by atoms with E-state index in [9.17, 15) is 4.79 Å². The summed E-state index contributed by atoms with van der Waals surface area (Å²) in [6, 6.07) is 10.5. The van der Waals surface area contributed by atoms with Crippen molar-refractivity contribution >= 4 is 51.6 Å². The van der Waals surface area contributed by atoms with E-state index in [0.29, 0.717) is 33.6 Å². The van der Waals surface area contributed by atoms with Crippen molar-refractivity contribution in [3.8, 4) is 0 Å². The first-order valence-electron chi connectivity index (χ1n) is 7.03. The van der Waals surface area contributed by atoms with Crippen molar-refractivity contribution in [1.82, 2.24) is 10.3 Å². The minimum absolute atomic E-state index is 0.218. The zero-order valence-electron chi connectivity index (χ0n) is 12.0. The molecular formula is C17H13Cl3N2O. The Hall–Kier alpha value is -1.68. The van der Waals surface area contributed by atoms with Gasteiger partial charge in [0, 0.05) is 33.7 Å². The molecule has 0 spiro atoms. The van der Waals surface area contributed by atoms with E-state index in [1.54, 1.807) is 18.2 Å². The number of hydrogen-bond acceptors (Lipinski definition) is 1. The minimum Gasteiger partial charge on any atom is -0.361 e. The third-order valence-electron chi connectivity index (χ3n) is 3.59.